The molecule has 0 aromatic heterocycles. The number of Topliss-reactive ketones (excluding diaryl/α,β-unsaturated/α-hetero) is 2. The quantitative estimate of drug-likeness (QED) is 0.163. The Morgan fingerprint density at radius 2 is 1.60 bits per heavy atom. The predicted octanol–water partition coefficient (Wildman–Crippen LogP) is 3.99. The Balaban J connectivity index is 1.76. The van der Waals surface area contributed by atoms with Crippen molar-refractivity contribution < 1.29 is 55.7 Å². The van der Waals surface area contributed by atoms with Gasteiger partial charge in [-0.1, -0.05) is 45.0 Å². The Morgan fingerprint density at radius 1 is 0.979 bits per heavy atom. The lowest BCUT2D eigenvalue weighted by molar-refractivity contribution is -0.156. The fourth-order valence-corrected chi connectivity index (χ4v) is 4.99. The van der Waals surface area contributed by atoms with E-state index in [2.05, 4.69) is 5.32 Å². The maximum atomic E-state index is 14.1. The second kappa shape index (κ2) is 15.7. The smallest absolute Gasteiger partial charge is 0.308 e. The number of ether oxygens (including phenoxy) is 3. The number of benzene rings is 2. The van der Waals surface area contributed by atoms with E-state index in [0.717, 1.165) is 5.56 Å². The summed E-state index contributed by atoms with van der Waals surface area (Å²) >= 11 is 0. The van der Waals surface area contributed by atoms with Gasteiger partial charge in [-0.2, -0.15) is 8.78 Å². The fraction of sp³-hybridized carbons (Fsp3) is 0.500. The van der Waals surface area contributed by atoms with Gasteiger partial charge in [-0.15, -0.1) is 0 Å². The van der Waals surface area contributed by atoms with E-state index < -0.39 is 89.0 Å². The summed E-state index contributed by atoms with van der Waals surface area (Å²) in [6.45, 7) is 8.98. The molecular weight excluding hydrogens is 640 g/mol. The zero-order valence-electron chi connectivity index (χ0n) is 27.7. The van der Waals surface area contributed by atoms with Gasteiger partial charge in [0.1, 0.15) is 18.2 Å². The number of ketones is 2. The molecule has 2 aromatic rings. The molecule has 0 aliphatic carbocycles. The molecule has 0 spiro atoms. The van der Waals surface area contributed by atoms with Crippen molar-refractivity contribution in [3.8, 4) is 5.75 Å². The van der Waals surface area contributed by atoms with E-state index in [4.69, 9.17) is 14.2 Å². The molecule has 0 radical (unpaired) electrons. The maximum Gasteiger partial charge on any atom is 0.308 e. The van der Waals surface area contributed by atoms with Gasteiger partial charge >= 0.3 is 5.97 Å². The monoisotopic (exact) mass is 680 g/mol. The minimum atomic E-state index is -1.88. The summed E-state index contributed by atoms with van der Waals surface area (Å²) in [7, 11) is 0. The lowest BCUT2D eigenvalue weighted by Crippen LogP contribution is -2.50. The average Bonchev–Trinajstić information content (AvgIpc) is 3.24. The number of nitrogens with one attached hydrogen (secondary N) is 1. The molecule has 3 rings (SSSR count). The van der Waals surface area contributed by atoms with E-state index in [1.165, 1.54) is 4.90 Å². The van der Waals surface area contributed by atoms with Crippen molar-refractivity contribution in [2.75, 3.05) is 32.9 Å². The number of rotatable bonds is 11. The van der Waals surface area contributed by atoms with Crippen LogP contribution in [0.5, 0.6) is 5.75 Å². The molecule has 0 saturated carbocycles. The first-order valence-electron chi connectivity index (χ1n) is 15.3. The Bertz CT molecular complexity index is 1520. The van der Waals surface area contributed by atoms with E-state index in [-0.39, 0.29) is 44.2 Å². The standard InChI is InChI=1S/C34H40F4N2O8/c1-33(2,3)21-10-8-7-9-19(21)13-25(41)32(45)40-11-12-46-17-20(16-40)31(44)39-24(15-27(43)48-34(4,5)6)26(42)18-47-30-28(37)22(35)14-23(36)29(30)38/h7-10,14,20,24H,11-13,15-18H2,1-6H3,(H,39,44)/t20-,24-/m0/s1. The second-order valence-electron chi connectivity index (χ2n) is 13.4. The van der Waals surface area contributed by atoms with Crippen LogP contribution < -0.4 is 10.1 Å². The topological polar surface area (TPSA) is 128 Å². The minimum Gasteiger partial charge on any atom is -0.479 e. The SMILES string of the molecule is CC(C)(C)OC(=O)C[C@H](NC(=O)[C@@H]1COCCN(C(=O)C(=O)Cc2ccccc2C(C)(C)C)C1)C(=O)COc1c(F)c(F)cc(F)c1F. The Kier molecular flexibility index (Phi) is 12.5. The number of carbonyl (C=O) groups excluding carboxylic acids is 5. The third-order valence-electron chi connectivity index (χ3n) is 7.26. The van der Waals surface area contributed by atoms with Crippen LogP contribution in [0.25, 0.3) is 0 Å². The number of hydrogen-bond acceptors (Lipinski definition) is 8. The first-order chi connectivity index (χ1) is 22.3. The van der Waals surface area contributed by atoms with Gasteiger partial charge < -0.3 is 24.4 Å². The molecular formula is C34H40F4N2O8. The highest BCUT2D eigenvalue weighted by Crippen LogP contribution is 2.27. The molecule has 262 valence electrons. The summed E-state index contributed by atoms with van der Waals surface area (Å²) in [4.78, 5) is 66.7. The van der Waals surface area contributed by atoms with Crippen molar-refractivity contribution in [2.45, 2.75) is 71.4 Å². The van der Waals surface area contributed by atoms with Gasteiger partial charge in [0.2, 0.25) is 23.3 Å². The molecule has 1 aliphatic heterocycles. The molecule has 1 aliphatic rings. The molecule has 48 heavy (non-hydrogen) atoms. The van der Waals surface area contributed by atoms with Gasteiger partial charge in [0, 0.05) is 25.6 Å². The van der Waals surface area contributed by atoms with E-state index in [1.807, 2.05) is 32.9 Å². The Morgan fingerprint density at radius 3 is 2.21 bits per heavy atom. The maximum absolute atomic E-state index is 14.1. The Labute approximate surface area is 276 Å². The number of amides is 2. The van der Waals surface area contributed by atoms with Gasteiger partial charge in [0.25, 0.3) is 5.91 Å². The molecule has 1 N–H and O–H groups in total. The highest BCUT2D eigenvalue weighted by molar-refractivity contribution is 6.36. The lowest BCUT2D eigenvalue weighted by atomic mass is 9.82. The molecule has 0 unspecified atom stereocenters. The largest absolute Gasteiger partial charge is 0.479 e. The Hall–Kier alpha value is -4.33. The third-order valence-corrected chi connectivity index (χ3v) is 7.26. The second-order valence-corrected chi connectivity index (χ2v) is 13.4. The summed E-state index contributed by atoms with van der Waals surface area (Å²) in [5.41, 5.74) is 0.329. The van der Waals surface area contributed by atoms with Crippen molar-refractivity contribution in [3.05, 3.63) is 64.7 Å². The van der Waals surface area contributed by atoms with Crippen LogP contribution in [0.1, 0.15) is 59.1 Å². The molecule has 2 amide bonds. The normalized spacial score (nSPS) is 16.0. The van der Waals surface area contributed by atoms with Gasteiger partial charge in [-0.25, -0.2) is 8.78 Å². The van der Waals surface area contributed by atoms with E-state index >= 15 is 0 Å². The van der Waals surface area contributed by atoms with Gasteiger partial charge in [-0.3, -0.25) is 24.0 Å². The summed E-state index contributed by atoms with van der Waals surface area (Å²) in [6, 6.07) is 5.55. The van der Waals surface area contributed by atoms with Crippen molar-refractivity contribution in [1.29, 1.82) is 0 Å². The summed E-state index contributed by atoms with van der Waals surface area (Å²) in [5.74, 6) is -14.3. The average molecular weight is 681 g/mol. The molecule has 1 fully saturated rings. The number of halogens is 4. The molecule has 10 nitrogen and oxygen atoms in total. The van der Waals surface area contributed by atoms with Crippen LogP contribution in [-0.4, -0.2) is 78.8 Å². The number of nitrogens with zero attached hydrogens (tertiary/aromatic N) is 1. The molecule has 0 bridgehead atoms. The van der Waals surface area contributed by atoms with Crippen LogP contribution in [0.15, 0.2) is 30.3 Å². The molecule has 1 heterocycles. The minimum absolute atomic E-state index is 0.00466. The van der Waals surface area contributed by atoms with E-state index in [9.17, 15) is 41.5 Å². The van der Waals surface area contributed by atoms with E-state index in [0.29, 0.717) is 5.56 Å². The lowest BCUT2D eigenvalue weighted by Gasteiger charge is -2.26. The molecule has 2 atom stereocenters. The first-order valence-corrected chi connectivity index (χ1v) is 15.3. The van der Waals surface area contributed by atoms with Crippen LogP contribution in [0.4, 0.5) is 17.6 Å². The summed E-state index contributed by atoms with van der Waals surface area (Å²) in [6.07, 6.45) is -0.904. The molecule has 2 aromatic carbocycles. The van der Waals surface area contributed by atoms with Crippen molar-refractivity contribution in [2.24, 2.45) is 5.92 Å². The van der Waals surface area contributed by atoms with Crippen LogP contribution in [0.2, 0.25) is 0 Å². The van der Waals surface area contributed by atoms with Crippen LogP contribution in [0.3, 0.4) is 0 Å². The van der Waals surface area contributed by atoms with Crippen molar-refractivity contribution in [3.63, 3.8) is 0 Å². The van der Waals surface area contributed by atoms with E-state index in [1.54, 1.807) is 32.9 Å². The van der Waals surface area contributed by atoms with Gasteiger partial charge in [-0.05, 0) is 37.3 Å². The first kappa shape index (κ1) is 38.1. The molecule has 1 saturated heterocycles. The number of esters is 1. The van der Waals surface area contributed by atoms with Gasteiger partial charge in [0.05, 0.1) is 25.6 Å². The number of hydrogen-bond donors (Lipinski definition) is 1. The third kappa shape index (κ3) is 10.3. The fourth-order valence-electron chi connectivity index (χ4n) is 4.99. The van der Waals surface area contributed by atoms with Crippen LogP contribution in [-0.2, 0) is 45.3 Å². The van der Waals surface area contributed by atoms with Crippen LogP contribution >= 0.6 is 0 Å². The zero-order valence-corrected chi connectivity index (χ0v) is 27.7. The van der Waals surface area contributed by atoms with Crippen molar-refractivity contribution in [1.82, 2.24) is 10.2 Å². The summed E-state index contributed by atoms with van der Waals surface area (Å²) < 4.78 is 70.9. The summed E-state index contributed by atoms with van der Waals surface area (Å²) in [5, 5.41) is 2.36. The highest BCUT2D eigenvalue weighted by atomic mass is 19.2. The zero-order chi connectivity index (χ0) is 36.0. The number of carbonyl (C=O) groups is 5. The van der Waals surface area contributed by atoms with Crippen LogP contribution in [0, 0.1) is 29.2 Å². The van der Waals surface area contributed by atoms with Gasteiger partial charge in [0.15, 0.2) is 23.2 Å². The van der Waals surface area contributed by atoms with Crippen molar-refractivity contribution >= 4 is 29.4 Å². The predicted molar refractivity (Wildman–Crippen MR) is 164 cm³/mol. The highest BCUT2D eigenvalue weighted by Gasteiger charge is 2.35. The molecule has 14 heteroatoms.